The van der Waals surface area contributed by atoms with Crippen LogP contribution >= 0.6 is 22.6 Å². The molecule has 5 aliphatic rings. The number of halogens is 1. The lowest BCUT2D eigenvalue weighted by Gasteiger charge is -2.56. The summed E-state index contributed by atoms with van der Waals surface area (Å²) in [4.78, 5) is 26.5. The summed E-state index contributed by atoms with van der Waals surface area (Å²) in [7, 11) is -10.0. The lowest BCUT2D eigenvalue weighted by atomic mass is 9.83. The van der Waals surface area contributed by atoms with Crippen LogP contribution in [-0.4, -0.2) is 159 Å². The van der Waals surface area contributed by atoms with Crippen LogP contribution in [0.5, 0.6) is 0 Å². The maximum absolute atomic E-state index is 15.3. The minimum absolute atomic E-state index is 0.00674. The quantitative estimate of drug-likeness (QED) is 0.0318. The van der Waals surface area contributed by atoms with Gasteiger partial charge in [-0.1, -0.05) is 140 Å². The second-order valence-electron chi connectivity index (χ2n) is 34.7. The monoisotopic (exact) mass is 1430 g/mol. The maximum atomic E-state index is 15.3. The number of carbonyl (C=O) groups is 2. The summed E-state index contributed by atoms with van der Waals surface area (Å²) in [6.07, 6.45) is 6.90. The number of carbonyl (C=O) groups excluding carboxylic acids is 2. The zero-order valence-electron chi connectivity index (χ0n) is 60.5. The van der Waals surface area contributed by atoms with Crippen molar-refractivity contribution in [2.75, 3.05) is 13.7 Å². The minimum atomic E-state index is -2.50. The van der Waals surface area contributed by atoms with E-state index in [2.05, 4.69) is 215 Å². The van der Waals surface area contributed by atoms with Crippen molar-refractivity contribution < 1.29 is 60.1 Å². The molecule has 0 bridgehead atoms. The Morgan fingerprint density at radius 3 is 1.70 bits per heavy atom. The zero-order chi connectivity index (χ0) is 66.8. The van der Waals surface area contributed by atoms with Gasteiger partial charge in [-0.25, -0.2) is 0 Å². The molecule has 0 amide bonds. The fourth-order valence-corrected chi connectivity index (χ4v) is 18.5. The van der Waals surface area contributed by atoms with Crippen molar-refractivity contribution >= 4 is 76.2 Å². The molecule has 0 saturated carbocycles. The highest BCUT2D eigenvalue weighted by Crippen LogP contribution is 2.49. The van der Waals surface area contributed by atoms with Crippen LogP contribution in [-0.2, 0) is 60.1 Å². The van der Waals surface area contributed by atoms with Gasteiger partial charge in [0.2, 0.25) is 0 Å². The number of hydrogen-bond donors (Lipinski definition) is 0. The summed E-state index contributed by atoms with van der Waals surface area (Å²) < 4.78 is 81.5. The number of fused-ring (bicyclic) bond motifs is 1. The average Bonchev–Trinajstić information content (AvgIpc) is 1.09. The Kier molecular flexibility index (Phi) is 27.3. The van der Waals surface area contributed by atoms with Crippen LogP contribution in [0.2, 0.25) is 90.7 Å². The Morgan fingerprint density at radius 2 is 1.16 bits per heavy atom. The van der Waals surface area contributed by atoms with Crippen LogP contribution in [0.3, 0.4) is 0 Å². The van der Waals surface area contributed by atoms with Gasteiger partial charge in [0.15, 0.2) is 41.6 Å². The average molecular weight is 1430 g/mol. The standard InChI is InChI=1S/C69H129IO13Si5/c1-46-31-32-49(33-35-54-47(2)40-50(76-54)30-29-39-71)75-57(46)44-58-53(60(73-18)59(78-58)43-52(80-85(21,22)66(6,7)8)45-74-84(19,20)65(3,4)5)42-48(72)41-51-34-36-55-61(77-51)63(82-87(25,26)68(12,13)14)64(83-88(27,28)69(15,16)17)62(79-55)56(37-38-70)81-86(23,24)67(9,10)11/h37-39,49-64H,1-2,29-36,40-45H2,3-28H3/b38-37+/t49-,50+,51-,52?,53+,54+,55+,56+,57-,58+,59-,60+,61?,62?,63?,64?/m1/s1. The molecule has 0 aromatic heterocycles. The molecule has 5 saturated heterocycles. The van der Waals surface area contributed by atoms with Gasteiger partial charge in [0.1, 0.15) is 36.5 Å². The molecule has 5 unspecified atom stereocenters. The van der Waals surface area contributed by atoms with E-state index >= 15 is 4.79 Å². The lowest BCUT2D eigenvalue weighted by molar-refractivity contribution is -0.266. The maximum Gasteiger partial charge on any atom is 0.193 e. The molecule has 16 atom stereocenters. The van der Waals surface area contributed by atoms with Gasteiger partial charge in [0, 0.05) is 45.1 Å². The molecule has 5 heterocycles. The normalized spacial score (nSPS) is 31.1. The van der Waals surface area contributed by atoms with E-state index < -0.39 is 72.1 Å². The topological polar surface area (TPSA) is 136 Å². The van der Waals surface area contributed by atoms with Crippen LogP contribution in [0, 0.1) is 5.92 Å². The Labute approximate surface area is 556 Å². The summed E-state index contributed by atoms with van der Waals surface area (Å²) >= 11 is 2.32. The fraction of sp³-hybridized carbons (Fsp3) is 0.884. The number of ketones is 1. The molecule has 0 spiro atoms. The smallest absolute Gasteiger partial charge is 0.193 e. The predicted octanol–water partition coefficient (Wildman–Crippen LogP) is 17.9. The molecule has 5 rings (SSSR count). The van der Waals surface area contributed by atoms with E-state index in [1.807, 2.05) is 0 Å². The minimum Gasteiger partial charge on any atom is -0.414 e. The van der Waals surface area contributed by atoms with Gasteiger partial charge in [-0.3, -0.25) is 4.79 Å². The molecule has 19 heteroatoms. The van der Waals surface area contributed by atoms with E-state index in [0.717, 1.165) is 56.0 Å². The first kappa shape index (κ1) is 78.6. The van der Waals surface area contributed by atoms with E-state index in [-0.39, 0.29) is 111 Å². The summed E-state index contributed by atoms with van der Waals surface area (Å²) in [5.74, 6) is -0.159. The van der Waals surface area contributed by atoms with Crippen molar-refractivity contribution in [2.24, 2.45) is 5.92 Å². The van der Waals surface area contributed by atoms with Crippen molar-refractivity contribution in [3.8, 4) is 0 Å². The van der Waals surface area contributed by atoms with Crippen molar-refractivity contribution in [3.63, 3.8) is 0 Å². The Morgan fingerprint density at radius 1 is 0.602 bits per heavy atom. The second kappa shape index (κ2) is 30.6. The number of methoxy groups -OCH3 is 1. The van der Waals surface area contributed by atoms with Gasteiger partial charge in [-0.2, -0.15) is 0 Å². The van der Waals surface area contributed by atoms with Crippen LogP contribution < -0.4 is 0 Å². The first-order chi connectivity index (χ1) is 40.1. The molecule has 0 aromatic rings. The van der Waals surface area contributed by atoms with Crippen molar-refractivity contribution in [1.82, 2.24) is 0 Å². The summed E-state index contributed by atoms with van der Waals surface area (Å²) in [5, 5.41) is -0.259. The van der Waals surface area contributed by atoms with Crippen LogP contribution in [0.1, 0.15) is 187 Å². The second-order valence-corrected chi connectivity index (χ2v) is 59.3. The predicted molar refractivity (Wildman–Crippen MR) is 382 cm³/mol. The van der Waals surface area contributed by atoms with E-state index in [9.17, 15) is 4.79 Å². The molecule has 510 valence electrons. The van der Waals surface area contributed by atoms with Crippen molar-refractivity contribution in [3.05, 3.63) is 34.5 Å². The largest absolute Gasteiger partial charge is 0.414 e. The zero-order valence-corrected chi connectivity index (χ0v) is 67.6. The number of hydrogen-bond acceptors (Lipinski definition) is 13. The van der Waals surface area contributed by atoms with E-state index in [4.69, 9.17) is 50.6 Å². The third kappa shape index (κ3) is 20.3. The molecule has 13 nitrogen and oxygen atoms in total. The molecule has 0 aliphatic carbocycles. The molecular weight excluding hydrogens is 1300 g/mol. The summed E-state index contributed by atoms with van der Waals surface area (Å²) in [6.45, 7) is 66.8. The van der Waals surface area contributed by atoms with Crippen LogP contribution in [0.25, 0.3) is 0 Å². The Bertz CT molecular complexity index is 2330. The molecule has 0 radical (unpaired) electrons. The number of ether oxygens (including phenoxy) is 6. The first-order valence-electron chi connectivity index (χ1n) is 33.8. The van der Waals surface area contributed by atoms with Gasteiger partial charge < -0.3 is 55.3 Å². The van der Waals surface area contributed by atoms with Gasteiger partial charge >= 0.3 is 0 Å². The van der Waals surface area contributed by atoms with Gasteiger partial charge in [-0.05, 0) is 163 Å². The molecule has 0 N–H and O–H groups in total. The van der Waals surface area contributed by atoms with E-state index in [1.54, 1.807) is 7.11 Å². The molecule has 5 fully saturated rings. The highest BCUT2D eigenvalue weighted by atomic mass is 127. The van der Waals surface area contributed by atoms with Gasteiger partial charge in [0.05, 0.1) is 73.8 Å². The van der Waals surface area contributed by atoms with Crippen molar-refractivity contribution in [2.45, 2.75) is 370 Å². The Hall–Kier alpha value is -0.0656. The third-order valence-electron chi connectivity index (χ3n) is 22.8. The lowest BCUT2D eigenvalue weighted by Crippen LogP contribution is -2.69. The highest BCUT2D eigenvalue weighted by molar-refractivity contribution is 14.1. The molecule has 88 heavy (non-hydrogen) atoms. The number of aldehydes is 1. The van der Waals surface area contributed by atoms with Gasteiger partial charge in [0.25, 0.3) is 0 Å². The SMILES string of the molecule is C=C1C[C@H](CCC=O)O[C@H]1CC[C@H]1CCC(=C)[C@@H](C[C@@H]2O[C@H](CC(CO[Si](C)(C)C(C)(C)C)O[Si](C)(C)C(C)(C)C)[C@@H](OC)[C@H]2CC(=O)C[C@H]2CC[C@@H]3OC([C@H](/C=C/I)O[Si](C)(C)C(C)(C)C)C(O[Si](C)(C)C(C)(C)C)C(O[Si](C)(C)C(C)(C)C)C3O2)O1. The number of Topliss-reactive ketones (excluding diaryl/α,β-unsaturated/α-hetero) is 1. The highest BCUT2D eigenvalue weighted by Gasteiger charge is 2.59. The van der Waals surface area contributed by atoms with Crippen LogP contribution in [0.4, 0.5) is 0 Å². The van der Waals surface area contributed by atoms with E-state index in [0.29, 0.717) is 38.7 Å². The molecule has 5 aliphatic heterocycles. The van der Waals surface area contributed by atoms with Crippen molar-refractivity contribution in [1.29, 1.82) is 0 Å². The Balaban J connectivity index is 1.50. The van der Waals surface area contributed by atoms with Gasteiger partial charge in [-0.15, -0.1) is 0 Å². The van der Waals surface area contributed by atoms with E-state index in [1.165, 1.54) is 0 Å². The number of rotatable bonds is 28. The summed E-state index contributed by atoms with van der Waals surface area (Å²) in [6, 6.07) is 0. The third-order valence-corrected chi connectivity index (χ3v) is 45.7. The fourth-order valence-electron chi connectivity index (χ4n) is 11.9. The molecule has 0 aromatic carbocycles. The van der Waals surface area contributed by atoms with Crippen LogP contribution in [0.15, 0.2) is 34.5 Å². The molecular formula is C69H129IO13Si5. The summed E-state index contributed by atoms with van der Waals surface area (Å²) in [5.41, 5.74) is 2.15. The first-order valence-corrected chi connectivity index (χ1v) is 49.6.